The Kier molecular flexibility index (Phi) is 5.14. The number of para-hydroxylation sites is 2. The minimum atomic E-state index is -2.17. The van der Waals surface area contributed by atoms with Crippen molar-refractivity contribution in [2.45, 2.75) is 32.2 Å². The molecule has 3 aromatic rings. The molecule has 3 heteroatoms. The van der Waals surface area contributed by atoms with Crippen LogP contribution < -0.4 is 13.5 Å². The Hall–Kier alpha value is -2.20. The molecule has 0 amide bonds. The lowest BCUT2D eigenvalue weighted by molar-refractivity contribution is 0.401. The summed E-state index contributed by atoms with van der Waals surface area (Å²) in [7, 11) is -2.17. The molecule has 2 aliphatic heterocycles. The van der Waals surface area contributed by atoms with E-state index >= 15 is 0 Å². The Morgan fingerprint density at radius 3 is 1.20 bits per heavy atom. The van der Waals surface area contributed by atoms with Crippen molar-refractivity contribution in [1.82, 2.24) is 8.30 Å². The third kappa shape index (κ3) is 2.76. The number of hydrogen-bond donors (Lipinski definition) is 0. The fourth-order valence-electron chi connectivity index (χ4n) is 6.68. The molecule has 0 aromatic heterocycles. The molecule has 154 valence electrons. The summed E-state index contributed by atoms with van der Waals surface area (Å²) in [6, 6.07) is 34.7. The number of nitrogens with zero attached hydrogens (tertiary/aromatic N) is 2. The first-order valence-corrected chi connectivity index (χ1v) is 14.0. The number of hydrogen-bond acceptors (Lipinski definition) is 0. The topological polar surface area (TPSA) is 0 Å². The summed E-state index contributed by atoms with van der Waals surface area (Å²) in [5, 5.41) is 1.61. The van der Waals surface area contributed by atoms with Gasteiger partial charge in [-0.15, -0.1) is 0 Å². The fourth-order valence-corrected chi connectivity index (χ4v) is 12.9. The van der Waals surface area contributed by atoms with E-state index in [1.54, 1.807) is 5.19 Å². The zero-order valence-corrected chi connectivity index (χ0v) is 19.2. The molecule has 0 radical (unpaired) electrons. The molecule has 0 spiro atoms. The standard InChI is InChI=1S/C27H34N2Si/c1-30(27-19-9-4-10-20-27,28(21-11-12-22-28)25-15-5-2-6-16-25)29(23-13-14-24-29)26-17-7-3-8-18-26/h2-10,15-20H,11-14,21-24H2,1H3/q+2. The summed E-state index contributed by atoms with van der Waals surface area (Å²) < 4.78 is 2.37. The predicted molar refractivity (Wildman–Crippen MR) is 132 cm³/mol. The van der Waals surface area contributed by atoms with Crippen LogP contribution in [0.4, 0.5) is 11.4 Å². The molecule has 2 fully saturated rings. The first-order valence-electron chi connectivity index (χ1n) is 11.6. The van der Waals surface area contributed by atoms with E-state index < -0.39 is 8.40 Å². The quantitative estimate of drug-likeness (QED) is 0.479. The van der Waals surface area contributed by atoms with Gasteiger partial charge in [0, 0.05) is 32.2 Å². The third-order valence-electron chi connectivity index (χ3n) is 8.15. The van der Waals surface area contributed by atoms with Crippen molar-refractivity contribution >= 4 is 25.0 Å². The van der Waals surface area contributed by atoms with Crippen LogP contribution in [-0.4, -0.2) is 34.6 Å². The number of benzene rings is 3. The van der Waals surface area contributed by atoms with Gasteiger partial charge < -0.3 is 0 Å². The van der Waals surface area contributed by atoms with Gasteiger partial charge in [0.25, 0.3) is 0 Å². The van der Waals surface area contributed by atoms with E-state index in [0.717, 1.165) is 0 Å². The van der Waals surface area contributed by atoms with E-state index in [2.05, 4.69) is 97.5 Å². The summed E-state index contributed by atoms with van der Waals surface area (Å²) in [5.41, 5.74) is 3.07. The molecule has 3 aromatic carbocycles. The van der Waals surface area contributed by atoms with Crippen LogP contribution >= 0.6 is 0 Å². The van der Waals surface area contributed by atoms with Gasteiger partial charge in [0.15, 0.2) is 0 Å². The molecule has 0 saturated carbocycles. The fraction of sp³-hybridized carbons (Fsp3) is 0.333. The van der Waals surface area contributed by atoms with Crippen molar-refractivity contribution in [3.63, 3.8) is 0 Å². The van der Waals surface area contributed by atoms with Gasteiger partial charge >= 0.3 is 8.40 Å². The number of rotatable bonds is 5. The second-order valence-corrected chi connectivity index (χ2v) is 13.6. The smallest absolute Gasteiger partial charge is 0.299 e. The van der Waals surface area contributed by atoms with Crippen molar-refractivity contribution in [2.24, 2.45) is 0 Å². The highest BCUT2D eigenvalue weighted by atomic mass is 28.4. The molecule has 2 aliphatic rings. The van der Waals surface area contributed by atoms with Crippen molar-refractivity contribution in [3.05, 3.63) is 91.0 Å². The van der Waals surface area contributed by atoms with E-state index in [9.17, 15) is 0 Å². The van der Waals surface area contributed by atoms with Crippen LogP contribution in [0.5, 0.6) is 0 Å². The largest absolute Gasteiger partial charge is 0.562 e. The van der Waals surface area contributed by atoms with Crippen LogP contribution in [0.3, 0.4) is 0 Å². The molecule has 30 heavy (non-hydrogen) atoms. The van der Waals surface area contributed by atoms with E-state index in [4.69, 9.17) is 0 Å². The van der Waals surface area contributed by atoms with E-state index in [1.165, 1.54) is 71.5 Å². The van der Waals surface area contributed by atoms with E-state index in [0.29, 0.717) is 0 Å². The predicted octanol–water partition coefficient (Wildman–Crippen LogP) is 5.57. The Morgan fingerprint density at radius 2 is 0.833 bits per heavy atom. The van der Waals surface area contributed by atoms with Crippen molar-refractivity contribution < 1.29 is 0 Å². The highest BCUT2D eigenvalue weighted by Crippen LogP contribution is 2.45. The highest BCUT2D eigenvalue weighted by molar-refractivity contribution is 6.92. The molecule has 0 bridgehead atoms. The maximum Gasteiger partial charge on any atom is 0.562 e. The molecule has 2 saturated heterocycles. The van der Waals surface area contributed by atoms with Crippen molar-refractivity contribution in [3.8, 4) is 0 Å². The van der Waals surface area contributed by atoms with E-state index in [1.807, 2.05) is 0 Å². The van der Waals surface area contributed by atoms with Crippen LogP contribution in [0.15, 0.2) is 91.0 Å². The summed E-state index contributed by atoms with van der Waals surface area (Å²) in [6.07, 6.45) is 5.33. The maximum absolute atomic E-state index is 2.72. The van der Waals surface area contributed by atoms with Gasteiger partial charge in [-0.2, -0.15) is 0 Å². The lowest BCUT2D eigenvalue weighted by atomic mass is 10.3. The van der Waals surface area contributed by atoms with Crippen LogP contribution in [0.1, 0.15) is 25.7 Å². The van der Waals surface area contributed by atoms with Gasteiger partial charge in [-0.05, 0) is 24.3 Å². The van der Waals surface area contributed by atoms with Crippen LogP contribution in [0, 0.1) is 0 Å². The zero-order chi connectivity index (χ0) is 20.5. The van der Waals surface area contributed by atoms with Crippen LogP contribution in [-0.2, 0) is 0 Å². The molecule has 0 N–H and O–H groups in total. The lowest BCUT2D eigenvalue weighted by Gasteiger charge is -2.54. The minimum Gasteiger partial charge on any atom is -0.299 e. The summed E-state index contributed by atoms with van der Waals surface area (Å²) in [6.45, 7) is 7.81. The first-order chi connectivity index (χ1) is 14.7. The van der Waals surface area contributed by atoms with Crippen LogP contribution in [0.25, 0.3) is 0 Å². The Bertz CT molecular complexity index is 900. The zero-order valence-electron chi connectivity index (χ0n) is 18.2. The number of quaternary nitrogens is 2. The molecular formula is C27H34N2Si+2. The Labute approximate surface area is 182 Å². The second kappa shape index (κ2) is 7.81. The van der Waals surface area contributed by atoms with E-state index in [-0.39, 0.29) is 0 Å². The Morgan fingerprint density at radius 1 is 0.500 bits per heavy atom. The minimum absolute atomic E-state index is 1.19. The second-order valence-electron chi connectivity index (χ2n) is 9.30. The Balaban J connectivity index is 1.83. The average molecular weight is 415 g/mol. The highest BCUT2D eigenvalue weighted by Gasteiger charge is 2.72. The lowest BCUT2D eigenvalue weighted by Crippen LogP contribution is -2.88. The molecule has 2 heterocycles. The summed E-state index contributed by atoms with van der Waals surface area (Å²) >= 11 is 0. The van der Waals surface area contributed by atoms with Gasteiger partial charge in [-0.25, -0.2) is 0 Å². The van der Waals surface area contributed by atoms with Crippen LogP contribution in [0.2, 0.25) is 6.55 Å². The average Bonchev–Trinajstić information content (AvgIpc) is 3.52. The molecule has 0 aliphatic carbocycles. The van der Waals surface area contributed by atoms with Crippen molar-refractivity contribution in [2.75, 3.05) is 26.2 Å². The molecule has 0 atom stereocenters. The SMILES string of the molecule is C[Si](c1ccccc1)([N+]1(c2ccccc2)CCCC1)[N+]1(c2ccccc2)CCCC1. The first kappa shape index (κ1) is 19.7. The van der Waals surface area contributed by atoms with Gasteiger partial charge in [0.05, 0.1) is 31.4 Å². The van der Waals surface area contributed by atoms with Gasteiger partial charge in [-0.3, -0.25) is 8.30 Å². The molecule has 0 unspecified atom stereocenters. The molecule has 2 nitrogen and oxygen atoms in total. The van der Waals surface area contributed by atoms with Crippen molar-refractivity contribution in [1.29, 1.82) is 0 Å². The summed E-state index contributed by atoms with van der Waals surface area (Å²) in [4.78, 5) is 0. The molecular weight excluding hydrogens is 380 g/mol. The van der Waals surface area contributed by atoms with Gasteiger partial charge in [-0.1, -0.05) is 66.7 Å². The third-order valence-corrected chi connectivity index (χ3v) is 14.3. The molecule has 5 rings (SSSR count). The monoisotopic (exact) mass is 414 g/mol. The van der Waals surface area contributed by atoms with Gasteiger partial charge in [0.2, 0.25) is 0 Å². The summed E-state index contributed by atoms with van der Waals surface area (Å²) in [5.74, 6) is 0. The normalized spacial score (nSPS) is 20.3. The maximum atomic E-state index is 2.72. The van der Waals surface area contributed by atoms with Gasteiger partial charge in [0.1, 0.15) is 11.4 Å².